The van der Waals surface area contributed by atoms with Crippen LogP contribution in [0.15, 0.2) is 11.6 Å². The van der Waals surface area contributed by atoms with Gasteiger partial charge in [0.1, 0.15) is 0 Å². The van der Waals surface area contributed by atoms with Crippen molar-refractivity contribution in [1.29, 1.82) is 0 Å². The Hall–Kier alpha value is -1.45. The van der Waals surface area contributed by atoms with E-state index in [0.717, 1.165) is 6.08 Å². The van der Waals surface area contributed by atoms with Crippen molar-refractivity contribution in [1.82, 2.24) is 0 Å². The molecule has 1 rings (SSSR count). The first-order valence-corrected chi connectivity index (χ1v) is 4.66. The van der Waals surface area contributed by atoms with Crippen LogP contribution in [0.3, 0.4) is 0 Å². The van der Waals surface area contributed by atoms with Crippen LogP contribution in [0.4, 0.5) is 0 Å². The molecule has 0 aromatic rings. The molecule has 15 heavy (non-hydrogen) atoms. The molecular formula is C11H14O4. The fraction of sp³-hybridized carbons (Fsp3) is 0.545. The highest BCUT2D eigenvalue weighted by Crippen LogP contribution is 2.40. The third-order valence-corrected chi connectivity index (χ3v) is 2.93. The van der Waals surface area contributed by atoms with Crippen LogP contribution in [0.25, 0.3) is 0 Å². The zero-order valence-corrected chi connectivity index (χ0v) is 9.25. The van der Waals surface area contributed by atoms with Crippen molar-refractivity contribution in [2.45, 2.75) is 27.7 Å². The molecule has 0 spiro atoms. The van der Waals surface area contributed by atoms with Gasteiger partial charge < -0.3 is 5.11 Å². The van der Waals surface area contributed by atoms with E-state index in [1.165, 1.54) is 27.7 Å². The SMILES string of the molecule is CC1(C)C(=O)C(C)(C)[13C](=O)C=C1C(=O)O. The number of rotatable bonds is 1. The Kier molecular flexibility index (Phi) is 2.34. The maximum atomic E-state index is 12.0. The number of carboxylic acids is 1. The molecule has 82 valence electrons. The average Bonchev–Trinajstić information content (AvgIpc) is 2.09. The zero-order chi connectivity index (χ0) is 12.0. The minimum atomic E-state index is -1.21. The summed E-state index contributed by atoms with van der Waals surface area (Å²) in [6, 6.07) is 0. The molecule has 0 bridgehead atoms. The van der Waals surface area contributed by atoms with Gasteiger partial charge in [0.2, 0.25) is 0 Å². The lowest BCUT2D eigenvalue weighted by molar-refractivity contribution is -0.146. The van der Waals surface area contributed by atoms with Gasteiger partial charge in [-0.1, -0.05) is 0 Å². The van der Waals surface area contributed by atoms with E-state index in [2.05, 4.69) is 0 Å². The van der Waals surface area contributed by atoms with Crippen LogP contribution in [-0.4, -0.2) is 22.6 Å². The molecule has 0 aromatic carbocycles. The van der Waals surface area contributed by atoms with Crippen molar-refractivity contribution in [2.75, 3.05) is 0 Å². The normalized spacial score (nSPS) is 23.6. The topological polar surface area (TPSA) is 71.4 Å². The second-order valence-electron chi connectivity index (χ2n) is 4.81. The van der Waals surface area contributed by atoms with Crippen molar-refractivity contribution in [3.8, 4) is 0 Å². The Balaban J connectivity index is 3.42. The summed E-state index contributed by atoms with van der Waals surface area (Å²) in [5, 5.41) is 8.91. The molecule has 1 aliphatic carbocycles. The van der Waals surface area contributed by atoms with Crippen molar-refractivity contribution in [3.05, 3.63) is 11.6 Å². The summed E-state index contributed by atoms with van der Waals surface area (Å²) in [4.78, 5) is 34.4. The van der Waals surface area contributed by atoms with Crippen LogP contribution in [0.5, 0.6) is 0 Å². The molecule has 4 heteroatoms. The largest absolute Gasteiger partial charge is 0.478 e. The van der Waals surface area contributed by atoms with Crippen molar-refractivity contribution in [2.24, 2.45) is 10.8 Å². The molecule has 0 radical (unpaired) electrons. The highest BCUT2D eigenvalue weighted by Gasteiger charge is 2.50. The van der Waals surface area contributed by atoms with Crippen LogP contribution in [0, 0.1) is 10.8 Å². The monoisotopic (exact) mass is 211 g/mol. The first kappa shape index (κ1) is 11.6. The van der Waals surface area contributed by atoms with Gasteiger partial charge in [-0.2, -0.15) is 0 Å². The molecule has 0 saturated heterocycles. The predicted molar refractivity (Wildman–Crippen MR) is 53.3 cm³/mol. The quantitative estimate of drug-likeness (QED) is 0.522. The van der Waals surface area contributed by atoms with Gasteiger partial charge in [0.25, 0.3) is 0 Å². The average molecular weight is 211 g/mol. The lowest BCUT2D eigenvalue weighted by Gasteiger charge is -2.36. The molecule has 0 saturated carbocycles. The van der Waals surface area contributed by atoms with Crippen LogP contribution in [0.2, 0.25) is 0 Å². The Morgan fingerprint density at radius 2 is 1.60 bits per heavy atom. The summed E-state index contributed by atoms with van der Waals surface area (Å²) in [6.45, 7) is 6.11. The Labute approximate surface area is 88.0 Å². The van der Waals surface area contributed by atoms with Crippen LogP contribution in [0.1, 0.15) is 27.7 Å². The Morgan fingerprint density at radius 1 is 1.13 bits per heavy atom. The van der Waals surface area contributed by atoms with Gasteiger partial charge in [-0.3, -0.25) is 9.59 Å². The van der Waals surface area contributed by atoms with Crippen LogP contribution >= 0.6 is 0 Å². The molecule has 0 atom stereocenters. The highest BCUT2D eigenvalue weighted by molar-refractivity contribution is 6.20. The standard InChI is InChI=1S/C11H14O4/c1-10(2)6(8(13)14)5-7(12)11(3,4)9(10)15/h5H,1-4H3,(H,13,14)/i7+1. The number of carboxylic acid groups (broad SMARTS) is 1. The van der Waals surface area contributed by atoms with Gasteiger partial charge in [0.15, 0.2) is 11.6 Å². The van der Waals surface area contributed by atoms with E-state index in [-0.39, 0.29) is 11.4 Å². The lowest BCUT2D eigenvalue weighted by Crippen LogP contribution is -2.47. The minimum absolute atomic E-state index is 0.128. The van der Waals surface area contributed by atoms with Gasteiger partial charge in [-0.25, -0.2) is 4.79 Å². The van der Waals surface area contributed by atoms with E-state index in [1.807, 2.05) is 0 Å². The highest BCUT2D eigenvalue weighted by atomic mass is 16.4. The number of Topliss-reactive ketones (excluding diaryl/α,β-unsaturated/α-hetero) is 1. The molecule has 0 heterocycles. The van der Waals surface area contributed by atoms with Gasteiger partial charge in [0, 0.05) is 0 Å². The molecule has 0 aromatic heterocycles. The van der Waals surface area contributed by atoms with Gasteiger partial charge in [-0.05, 0) is 33.8 Å². The van der Waals surface area contributed by atoms with E-state index in [9.17, 15) is 14.4 Å². The van der Waals surface area contributed by atoms with Gasteiger partial charge >= 0.3 is 5.97 Å². The van der Waals surface area contributed by atoms with Gasteiger partial charge in [-0.15, -0.1) is 0 Å². The summed E-state index contributed by atoms with van der Waals surface area (Å²) < 4.78 is 0. The van der Waals surface area contributed by atoms with E-state index in [4.69, 9.17) is 5.11 Å². The molecule has 0 fully saturated rings. The summed E-state index contributed by atoms with van der Waals surface area (Å²) in [7, 11) is 0. The number of allylic oxidation sites excluding steroid dienone is 1. The maximum Gasteiger partial charge on any atom is 0.332 e. The lowest BCUT2D eigenvalue weighted by atomic mass is 9.69. The summed E-state index contributed by atoms with van der Waals surface area (Å²) in [6.07, 6.45) is 1.07. The van der Waals surface area contributed by atoms with E-state index < -0.39 is 22.6 Å². The molecular weight excluding hydrogens is 197 g/mol. The van der Waals surface area contributed by atoms with Gasteiger partial charge in [0.05, 0.1) is 16.4 Å². The number of carbonyl (C=O) groups is 3. The Bertz CT molecular complexity index is 385. The second-order valence-corrected chi connectivity index (χ2v) is 4.81. The Morgan fingerprint density at radius 3 is 2.00 bits per heavy atom. The predicted octanol–water partition coefficient (Wildman–Crippen LogP) is 1.20. The number of aliphatic carboxylic acids is 1. The molecule has 0 aliphatic heterocycles. The minimum Gasteiger partial charge on any atom is -0.478 e. The number of hydrogen-bond acceptors (Lipinski definition) is 3. The molecule has 1 aliphatic rings. The number of carbonyl (C=O) groups excluding carboxylic acids is 2. The number of ketones is 2. The van der Waals surface area contributed by atoms with E-state index in [0.29, 0.717) is 0 Å². The summed E-state index contributed by atoms with van der Waals surface area (Å²) >= 11 is 0. The second kappa shape index (κ2) is 3.02. The first-order chi connectivity index (χ1) is 6.61. The number of hydrogen-bond donors (Lipinski definition) is 1. The molecule has 0 amide bonds. The van der Waals surface area contributed by atoms with E-state index in [1.54, 1.807) is 0 Å². The van der Waals surface area contributed by atoms with E-state index >= 15 is 0 Å². The molecule has 0 unspecified atom stereocenters. The van der Waals surface area contributed by atoms with Crippen molar-refractivity contribution in [3.63, 3.8) is 0 Å². The molecule has 4 nitrogen and oxygen atoms in total. The smallest absolute Gasteiger partial charge is 0.332 e. The summed E-state index contributed by atoms with van der Waals surface area (Å²) in [5.74, 6) is -2.00. The molecule has 1 N–H and O–H groups in total. The van der Waals surface area contributed by atoms with Crippen molar-refractivity contribution < 1.29 is 19.5 Å². The summed E-state index contributed by atoms with van der Waals surface area (Å²) in [5.41, 5.74) is -2.36. The third-order valence-electron chi connectivity index (χ3n) is 2.93. The fourth-order valence-electron chi connectivity index (χ4n) is 1.84. The van der Waals surface area contributed by atoms with Crippen LogP contribution in [-0.2, 0) is 14.4 Å². The zero-order valence-electron chi connectivity index (χ0n) is 9.25. The van der Waals surface area contributed by atoms with Crippen LogP contribution < -0.4 is 0 Å². The maximum absolute atomic E-state index is 12.0. The first-order valence-electron chi connectivity index (χ1n) is 4.66. The fourth-order valence-corrected chi connectivity index (χ4v) is 1.84. The van der Waals surface area contributed by atoms with Crippen molar-refractivity contribution >= 4 is 17.5 Å². The third kappa shape index (κ3) is 1.50.